The highest BCUT2D eigenvalue weighted by atomic mass is 35.5. The molecule has 1 amide bonds. The average molecular weight is 432 g/mol. The number of nitrogens with one attached hydrogen (secondary N) is 1. The monoisotopic (exact) mass is 431 g/mol. The van der Waals surface area contributed by atoms with E-state index in [1.165, 1.54) is 0 Å². The molecule has 1 heterocycles. The van der Waals surface area contributed by atoms with Crippen molar-refractivity contribution in [1.82, 2.24) is 5.32 Å². The number of hydrogen-bond donors (Lipinski definition) is 2. The summed E-state index contributed by atoms with van der Waals surface area (Å²) in [5.41, 5.74) is 0.956. The van der Waals surface area contributed by atoms with Crippen molar-refractivity contribution < 1.29 is 24.2 Å². The highest BCUT2D eigenvalue weighted by molar-refractivity contribution is 6.34. The minimum Gasteiger partial charge on any atom is -0.494 e. The molecule has 2 aromatic carbocycles. The maximum absolute atomic E-state index is 12.5. The summed E-state index contributed by atoms with van der Waals surface area (Å²) in [4.78, 5) is 24.2. The van der Waals surface area contributed by atoms with Gasteiger partial charge in [0.15, 0.2) is 5.60 Å². The first-order valence-electron chi connectivity index (χ1n) is 10.1. The second-order valence-electron chi connectivity index (χ2n) is 7.42. The number of hydrogen-bond acceptors (Lipinski definition) is 4. The number of carbonyl (C=O) groups is 2. The van der Waals surface area contributed by atoms with Gasteiger partial charge < -0.3 is 19.9 Å². The first-order chi connectivity index (χ1) is 14.4. The van der Waals surface area contributed by atoms with Gasteiger partial charge in [0.25, 0.3) is 5.91 Å². The minimum absolute atomic E-state index is 0.284. The molecule has 1 saturated heterocycles. The molecule has 1 atom stereocenters. The average Bonchev–Trinajstić information content (AvgIpc) is 3.21. The zero-order chi connectivity index (χ0) is 21.6. The van der Waals surface area contributed by atoms with E-state index < -0.39 is 11.6 Å². The number of carboxylic acid groups (broad SMARTS) is 1. The van der Waals surface area contributed by atoms with Gasteiger partial charge in [0, 0.05) is 19.6 Å². The van der Waals surface area contributed by atoms with Gasteiger partial charge in [-0.1, -0.05) is 42.8 Å². The first-order valence-corrected chi connectivity index (χ1v) is 10.5. The van der Waals surface area contributed by atoms with Crippen molar-refractivity contribution >= 4 is 23.5 Å². The lowest BCUT2D eigenvalue weighted by Crippen LogP contribution is -2.40. The summed E-state index contributed by atoms with van der Waals surface area (Å²) >= 11 is 6.24. The number of halogens is 1. The summed E-state index contributed by atoms with van der Waals surface area (Å²) in [5.74, 6) is -0.583. The molecule has 1 aliphatic rings. The molecule has 6 nitrogen and oxygen atoms in total. The smallest absolute Gasteiger partial charge is 0.336 e. The van der Waals surface area contributed by atoms with E-state index in [0.717, 1.165) is 24.0 Å². The Morgan fingerprint density at radius 2 is 2.03 bits per heavy atom. The third-order valence-electron chi connectivity index (χ3n) is 5.09. The van der Waals surface area contributed by atoms with Crippen molar-refractivity contribution in [3.8, 4) is 5.75 Å². The molecule has 7 heteroatoms. The summed E-state index contributed by atoms with van der Waals surface area (Å²) in [6.07, 6.45) is 2.43. The molecule has 0 saturated carbocycles. The van der Waals surface area contributed by atoms with Gasteiger partial charge in [0.1, 0.15) is 5.75 Å². The molecule has 0 bridgehead atoms. The number of ether oxygens (including phenoxy) is 2. The van der Waals surface area contributed by atoms with Gasteiger partial charge in [-0.2, -0.15) is 0 Å². The van der Waals surface area contributed by atoms with E-state index in [2.05, 4.69) is 5.32 Å². The molecule has 0 spiro atoms. The molecule has 0 aliphatic carbocycles. The van der Waals surface area contributed by atoms with Gasteiger partial charge in [0.2, 0.25) is 0 Å². The van der Waals surface area contributed by atoms with Crippen LogP contribution in [0.25, 0.3) is 0 Å². The SMILES string of the molecule is CCCOc1ccc(C(=O)NCc2cccc(CC3(C(=O)O)CCCO3)c2)c(Cl)c1. The van der Waals surface area contributed by atoms with Crippen LogP contribution in [0.1, 0.15) is 47.7 Å². The highest BCUT2D eigenvalue weighted by Crippen LogP contribution is 2.30. The number of benzene rings is 2. The summed E-state index contributed by atoms with van der Waals surface area (Å²) in [5, 5.41) is 12.8. The molecular weight excluding hydrogens is 406 g/mol. The van der Waals surface area contributed by atoms with Gasteiger partial charge in [0.05, 0.1) is 17.2 Å². The van der Waals surface area contributed by atoms with Gasteiger partial charge in [-0.3, -0.25) is 4.79 Å². The number of carboxylic acids is 1. The Kier molecular flexibility index (Phi) is 7.34. The molecule has 1 fully saturated rings. The van der Waals surface area contributed by atoms with Crippen LogP contribution in [-0.4, -0.2) is 35.8 Å². The Hall–Kier alpha value is -2.57. The maximum atomic E-state index is 12.5. The van der Waals surface area contributed by atoms with E-state index in [9.17, 15) is 14.7 Å². The Balaban J connectivity index is 1.63. The van der Waals surface area contributed by atoms with E-state index in [0.29, 0.717) is 48.9 Å². The van der Waals surface area contributed by atoms with Gasteiger partial charge in [-0.15, -0.1) is 0 Å². The largest absolute Gasteiger partial charge is 0.494 e. The molecular formula is C23H26ClNO5. The third kappa shape index (κ3) is 5.32. The predicted molar refractivity (Wildman–Crippen MR) is 114 cm³/mol. The fourth-order valence-electron chi connectivity index (χ4n) is 3.53. The van der Waals surface area contributed by atoms with Crippen molar-refractivity contribution in [3.05, 3.63) is 64.2 Å². The van der Waals surface area contributed by atoms with Crippen LogP contribution in [0.4, 0.5) is 0 Å². The first kappa shape index (κ1) is 22.1. The Morgan fingerprint density at radius 3 is 2.70 bits per heavy atom. The fourth-order valence-corrected chi connectivity index (χ4v) is 3.78. The Bertz CT molecular complexity index is 908. The predicted octanol–water partition coefficient (Wildman–Crippen LogP) is 4.24. The van der Waals surface area contributed by atoms with E-state index >= 15 is 0 Å². The normalized spacial score (nSPS) is 18.2. The highest BCUT2D eigenvalue weighted by Gasteiger charge is 2.42. The molecule has 0 radical (unpaired) electrons. The van der Waals surface area contributed by atoms with Crippen molar-refractivity contribution in [3.63, 3.8) is 0 Å². The number of rotatable bonds is 9. The lowest BCUT2D eigenvalue weighted by molar-refractivity contribution is -0.159. The van der Waals surface area contributed by atoms with Crippen molar-refractivity contribution in [2.45, 2.75) is 44.8 Å². The lowest BCUT2D eigenvalue weighted by Gasteiger charge is -2.23. The maximum Gasteiger partial charge on any atom is 0.336 e. The minimum atomic E-state index is -1.16. The lowest BCUT2D eigenvalue weighted by atomic mass is 9.91. The second-order valence-corrected chi connectivity index (χ2v) is 7.83. The number of amides is 1. The van der Waals surface area contributed by atoms with E-state index in [-0.39, 0.29) is 5.91 Å². The molecule has 2 aromatic rings. The molecule has 1 aliphatic heterocycles. The standard InChI is InChI=1S/C23H26ClNO5/c1-2-10-29-18-7-8-19(20(24)13-18)21(26)25-15-17-6-3-5-16(12-17)14-23(22(27)28)9-4-11-30-23/h3,5-8,12-13H,2,4,9-11,14-15H2,1H3,(H,25,26)(H,27,28). The van der Waals surface area contributed by atoms with E-state index in [1.807, 2.05) is 31.2 Å². The van der Waals surface area contributed by atoms with Crippen LogP contribution in [0, 0.1) is 0 Å². The topological polar surface area (TPSA) is 84.9 Å². The second kappa shape index (κ2) is 9.96. The molecule has 30 heavy (non-hydrogen) atoms. The van der Waals surface area contributed by atoms with Crippen molar-refractivity contribution in [2.75, 3.05) is 13.2 Å². The van der Waals surface area contributed by atoms with Crippen molar-refractivity contribution in [1.29, 1.82) is 0 Å². The summed E-state index contributed by atoms with van der Waals surface area (Å²) < 4.78 is 11.1. The zero-order valence-corrected chi connectivity index (χ0v) is 17.7. The van der Waals surface area contributed by atoms with Crippen molar-refractivity contribution in [2.24, 2.45) is 0 Å². The van der Waals surface area contributed by atoms with Crippen LogP contribution < -0.4 is 10.1 Å². The van der Waals surface area contributed by atoms with Gasteiger partial charge in [-0.25, -0.2) is 4.79 Å². The van der Waals surface area contributed by atoms with E-state index in [4.69, 9.17) is 21.1 Å². The van der Waals surface area contributed by atoms with Crippen LogP contribution >= 0.6 is 11.6 Å². The fraction of sp³-hybridized carbons (Fsp3) is 0.391. The summed E-state index contributed by atoms with van der Waals surface area (Å²) in [6, 6.07) is 12.5. The molecule has 0 aromatic heterocycles. The molecule has 160 valence electrons. The number of aliphatic carboxylic acids is 1. The van der Waals surface area contributed by atoms with Crippen LogP contribution in [-0.2, 0) is 22.5 Å². The summed E-state index contributed by atoms with van der Waals surface area (Å²) in [6.45, 7) is 3.37. The molecule has 1 unspecified atom stereocenters. The van der Waals surface area contributed by atoms with Crippen LogP contribution in [0.3, 0.4) is 0 Å². The van der Waals surface area contributed by atoms with Crippen LogP contribution in [0.15, 0.2) is 42.5 Å². The quantitative estimate of drug-likeness (QED) is 0.620. The van der Waals surface area contributed by atoms with Gasteiger partial charge in [-0.05, 0) is 48.6 Å². The van der Waals surface area contributed by atoms with Gasteiger partial charge >= 0.3 is 5.97 Å². The Labute approximate surface area is 181 Å². The zero-order valence-electron chi connectivity index (χ0n) is 16.9. The van der Waals surface area contributed by atoms with E-state index in [1.54, 1.807) is 18.2 Å². The molecule has 3 rings (SSSR count). The third-order valence-corrected chi connectivity index (χ3v) is 5.40. The molecule has 2 N–H and O–H groups in total. The summed E-state index contributed by atoms with van der Waals surface area (Å²) in [7, 11) is 0. The number of carbonyl (C=O) groups excluding carboxylic acids is 1. The Morgan fingerprint density at radius 1 is 1.23 bits per heavy atom. The van der Waals surface area contributed by atoms with Crippen LogP contribution in [0.2, 0.25) is 5.02 Å². The van der Waals surface area contributed by atoms with Crippen LogP contribution in [0.5, 0.6) is 5.75 Å².